The van der Waals surface area contributed by atoms with E-state index >= 15 is 0 Å². The zero-order valence-corrected chi connectivity index (χ0v) is 21.5. The van der Waals surface area contributed by atoms with Crippen LogP contribution in [0.4, 0.5) is 0 Å². The summed E-state index contributed by atoms with van der Waals surface area (Å²) in [5, 5.41) is 10.5. The zero-order valence-electron chi connectivity index (χ0n) is 21.5. The second-order valence-corrected chi connectivity index (χ2v) is 14.3. The fraction of sp³-hybridized carbons (Fsp3) is 0.862. The number of hydrogen-bond donors (Lipinski definition) is 1. The van der Waals surface area contributed by atoms with E-state index in [4.69, 9.17) is 9.47 Å². The number of carboxylic acids is 1. The Kier molecular flexibility index (Phi) is 3.62. The number of allylic oxidation sites excluding steroid dienone is 1. The smallest absolute Gasteiger partial charge is 0.313 e. The lowest BCUT2D eigenvalue weighted by Gasteiger charge is -2.64. The Labute approximate surface area is 203 Å². The molecule has 2 heterocycles. The van der Waals surface area contributed by atoms with Gasteiger partial charge in [-0.3, -0.25) is 9.59 Å². The summed E-state index contributed by atoms with van der Waals surface area (Å²) in [6.45, 7) is 15.7. The summed E-state index contributed by atoms with van der Waals surface area (Å²) < 4.78 is 13.7. The first-order chi connectivity index (χ1) is 15.8. The maximum absolute atomic E-state index is 14.3. The minimum Gasteiger partial charge on any atom is -0.481 e. The van der Waals surface area contributed by atoms with Crippen molar-refractivity contribution in [2.45, 2.75) is 109 Å². The number of esters is 1. The van der Waals surface area contributed by atoms with Gasteiger partial charge in [0.1, 0.15) is 11.2 Å². The number of rotatable bonds is 2. The number of aliphatic carboxylic acids is 1. The van der Waals surface area contributed by atoms with E-state index in [9.17, 15) is 14.7 Å². The maximum atomic E-state index is 14.3. The lowest BCUT2D eigenvalue weighted by atomic mass is 9.35. The van der Waals surface area contributed by atoms with E-state index in [1.807, 2.05) is 0 Å². The van der Waals surface area contributed by atoms with Gasteiger partial charge in [-0.05, 0) is 93.8 Å². The number of carbonyl (C=O) groups excluding carboxylic acids is 1. The van der Waals surface area contributed by atoms with Crippen LogP contribution >= 0.6 is 0 Å². The van der Waals surface area contributed by atoms with Crippen molar-refractivity contribution in [1.82, 2.24) is 0 Å². The minimum atomic E-state index is -0.728. The van der Waals surface area contributed by atoms with Gasteiger partial charge in [-0.1, -0.05) is 39.8 Å². The Bertz CT molecular complexity index is 1060. The van der Waals surface area contributed by atoms with Crippen molar-refractivity contribution in [1.29, 1.82) is 0 Å². The van der Waals surface area contributed by atoms with E-state index in [0.717, 1.165) is 44.1 Å². The van der Waals surface area contributed by atoms with E-state index in [0.29, 0.717) is 25.2 Å². The van der Waals surface area contributed by atoms with E-state index in [1.165, 1.54) is 0 Å². The molecule has 1 N–H and O–H groups in total. The predicted octanol–water partition coefficient (Wildman–Crippen LogP) is 5.52. The molecule has 1 spiro atoms. The summed E-state index contributed by atoms with van der Waals surface area (Å²) in [7, 11) is 0. The summed E-state index contributed by atoms with van der Waals surface area (Å²) in [5.41, 5.74) is -1.66. The molecule has 7 fully saturated rings. The number of ether oxygens (including phenoxy) is 2. The van der Waals surface area contributed by atoms with E-state index in [-0.39, 0.29) is 45.8 Å². The largest absolute Gasteiger partial charge is 0.481 e. The van der Waals surface area contributed by atoms with Gasteiger partial charge in [-0.25, -0.2) is 0 Å². The molecule has 0 radical (unpaired) electrons. The van der Waals surface area contributed by atoms with E-state index in [1.54, 1.807) is 0 Å². The van der Waals surface area contributed by atoms with Gasteiger partial charge in [0.05, 0.1) is 10.8 Å². The molecule has 5 saturated carbocycles. The molecule has 5 aliphatic carbocycles. The Balaban J connectivity index is 1.41. The summed E-state index contributed by atoms with van der Waals surface area (Å²) >= 11 is 0. The van der Waals surface area contributed by atoms with Gasteiger partial charge in [0, 0.05) is 5.41 Å². The SMILES string of the molecule is C=C(C)[C@@H]1CC[C@]2(C(=O)O)CC[C@]34C(=O)O[C@]5(CC[C@@H]3[C@@H]12)[C@@]4(C)CC[C@]12O[C@]51[C@@H](C)CC2(C)C. The van der Waals surface area contributed by atoms with Crippen LogP contribution in [0.2, 0.25) is 0 Å². The molecule has 34 heavy (non-hydrogen) atoms. The molecule has 186 valence electrons. The third kappa shape index (κ3) is 1.71. The molecule has 7 rings (SSSR count). The van der Waals surface area contributed by atoms with Gasteiger partial charge in [-0.15, -0.1) is 0 Å². The quantitative estimate of drug-likeness (QED) is 0.328. The van der Waals surface area contributed by atoms with Gasteiger partial charge >= 0.3 is 11.9 Å². The monoisotopic (exact) mass is 468 g/mol. The highest BCUT2D eigenvalue weighted by Crippen LogP contribution is 2.88. The van der Waals surface area contributed by atoms with Crippen LogP contribution in [-0.4, -0.2) is 33.8 Å². The summed E-state index contributed by atoms with van der Waals surface area (Å²) in [6, 6.07) is 0. The fourth-order valence-corrected chi connectivity index (χ4v) is 12.3. The highest BCUT2D eigenvalue weighted by atomic mass is 16.7. The average Bonchev–Trinajstić information content (AvgIpc) is 3.25. The van der Waals surface area contributed by atoms with Crippen LogP contribution in [0.3, 0.4) is 0 Å². The van der Waals surface area contributed by atoms with Crippen molar-refractivity contribution in [2.24, 2.45) is 45.3 Å². The molecular weight excluding hydrogens is 428 g/mol. The standard InChI is InChI=1S/C29H40O5/c1-16(2)18-7-9-25(21(30)31)12-13-26-19(20(18)25)8-10-28(33-22(26)32)24(26,6)11-14-27-23(4,5)15-17(3)29(27,28)34-27/h17-20H,1,7-15H2,2-6H3,(H,30,31)/t17-,18-,19+,20+,24-,25-,26+,27+,28+,29-/m0/s1. The first-order valence-corrected chi connectivity index (χ1v) is 13.7. The second-order valence-electron chi connectivity index (χ2n) is 14.3. The average molecular weight is 469 g/mol. The number of carboxylic acid groups (broad SMARTS) is 1. The van der Waals surface area contributed by atoms with Crippen molar-refractivity contribution in [3.05, 3.63) is 12.2 Å². The number of epoxide rings is 1. The molecule has 10 atom stereocenters. The van der Waals surface area contributed by atoms with Crippen molar-refractivity contribution in [2.75, 3.05) is 0 Å². The third-order valence-electron chi connectivity index (χ3n) is 13.5. The van der Waals surface area contributed by atoms with Crippen LogP contribution in [0.15, 0.2) is 12.2 Å². The van der Waals surface area contributed by atoms with Gasteiger partial charge < -0.3 is 14.6 Å². The molecule has 2 aliphatic heterocycles. The Morgan fingerprint density at radius 2 is 1.76 bits per heavy atom. The van der Waals surface area contributed by atoms with Gasteiger partial charge in [0.2, 0.25) is 0 Å². The van der Waals surface area contributed by atoms with Crippen molar-refractivity contribution in [3.8, 4) is 0 Å². The Morgan fingerprint density at radius 3 is 2.44 bits per heavy atom. The lowest BCUT2D eigenvalue weighted by Crippen LogP contribution is -2.70. The number of hydrogen-bond acceptors (Lipinski definition) is 4. The third-order valence-corrected chi connectivity index (χ3v) is 13.5. The highest BCUT2D eigenvalue weighted by molar-refractivity contribution is 5.85. The van der Waals surface area contributed by atoms with Crippen LogP contribution in [-0.2, 0) is 19.1 Å². The molecule has 5 nitrogen and oxygen atoms in total. The maximum Gasteiger partial charge on any atom is 0.313 e. The first kappa shape index (κ1) is 21.9. The van der Waals surface area contributed by atoms with Crippen molar-refractivity contribution < 1.29 is 24.2 Å². The number of carbonyl (C=O) groups is 2. The van der Waals surface area contributed by atoms with Gasteiger partial charge in [0.25, 0.3) is 0 Å². The molecule has 0 unspecified atom stereocenters. The molecule has 5 heteroatoms. The van der Waals surface area contributed by atoms with Crippen LogP contribution in [0.25, 0.3) is 0 Å². The molecule has 0 aromatic carbocycles. The van der Waals surface area contributed by atoms with E-state index < -0.39 is 22.4 Å². The van der Waals surface area contributed by atoms with Crippen molar-refractivity contribution >= 4 is 11.9 Å². The molecule has 0 aromatic rings. The first-order valence-electron chi connectivity index (χ1n) is 13.7. The Morgan fingerprint density at radius 1 is 1.03 bits per heavy atom. The summed E-state index contributed by atoms with van der Waals surface area (Å²) in [5.74, 6) is -0.174. The Hall–Kier alpha value is -1.36. The van der Waals surface area contributed by atoms with E-state index in [2.05, 4.69) is 41.2 Å². The molecule has 0 amide bonds. The summed E-state index contributed by atoms with van der Waals surface area (Å²) in [6.07, 6.45) is 7.46. The highest BCUT2D eigenvalue weighted by Gasteiger charge is 2.98. The lowest BCUT2D eigenvalue weighted by molar-refractivity contribution is -0.203. The normalized spacial score (nSPS) is 59.7. The molecule has 7 aliphatic rings. The van der Waals surface area contributed by atoms with Crippen LogP contribution in [0.1, 0.15) is 92.4 Å². The van der Waals surface area contributed by atoms with Crippen LogP contribution in [0, 0.1) is 45.3 Å². The molecule has 2 bridgehead atoms. The van der Waals surface area contributed by atoms with Crippen LogP contribution < -0.4 is 0 Å². The fourth-order valence-electron chi connectivity index (χ4n) is 12.3. The van der Waals surface area contributed by atoms with Gasteiger partial charge in [-0.2, -0.15) is 0 Å². The molecule has 0 aromatic heterocycles. The zero-order chi connectivity index (χ0) is 24.3. The van der Waals surface area contributed by atoms with Gasteiger partial charge in [0.15, 0.2) is 5.60 Å². The van der Waals surface area contributed by atoms with Crippen LogP contribution in [0.5, 0.6) is 0 Å². The van der Waals surface area contributed by atoms with Crippen molar-refractivity contribution in [3.63, 3.8) is 0 Å². The summed E-state index contributed by atoms with van der Waals surface area (Å²) in [4.78, 5) is 27.1. The number of fused-ring (bicyclic) bond motifs is 2. The second kappa shape index (κ2) is 5.63. The molecular formula is C29H40O5. The topological polar surface area (TPSA) is 76.1 Å². The minimum absolute atomic E-state index is 0.0292. The molecule has 2 saturated heterocycles. The predicted molar refractivity (Wildman–Crippen MR) is 126 cm³/mol.